The highest BCUT2D eigenvalue weighted by Gasteiger charge is 2.14. The number of nitrogens with one attached hydrogen (secondary N) is 1. The fourth-order valence-electron chi connectivity index (χ4n) is 2.50. The molecular formula is C17H16ClNO. The Morgan fingerprint density at radius 3 is 2.65 bits per heavy atom. The standard InChI is InChI=1S/C17H16ClNO/c18-14-6-4-12(5-7-14)11-20-15-8-9-16-13(10-15)2-1-3-17(16)19/h4-10,19H,1-3,11H2. The second-order valence-corrected chi connectivity index (χ2v) is 5.50. The van der Waals surface area contributed by atoms with E-state index in [2.05, 4.69) is 6.07 Å². The molecule has 0 radical (unpaired) electrons. The summed E-state index contributed by atoms with van der Waals surface area (Å²) in [5.74, 6) is 0.869. The van der Waals surface area contributed by atoms with E-state index in [1.165, 1.54) is 5.56 Å². The van der Waals surface area contributed by atoms with Crippen molar-refractivity contribution >= 4 is 17.3 Å². The van der Waals surface area contributed by atoms with Crippen molar-refractivity contribution in [1.82, 2.24) is 0 Å². The smallest absolute Gasteiger partial charge is 0.120 e. The molecule has 0 bridgehead atoms. The molecule has 0 saturated carbocycles. The zero-order valence-corrected chi connectivity index (χ0v) is 11.9. The second-order valence-electron chi connectivity index (χ2n) is 5.07. The molecule has 0 atom stereocenters. The Hall–Kier alpha value is -1.80. The lowest BCUT2D eigenvalue weighted by atomic mass is 9.90. The van der Waals surface area contributed by atoms with Crippen molar-refractivity contribution in [3.63, 3.8) is 0 Å². The van der Waals surface area contributed by atoms with Gasteiger partial charge in [0, 0.05) is 10.7 Å². The van der Waals surface area contributed by atoms with Crippen LogP contribution in [0.15, 0.2) is 42.5 Å². The van der Waals surface area contributed by atoms with Crippen molar-refractivity contribution in [3.05, 3.63) is 64.2 Å². The van der Waals surface area contributed by atoms with Crippen LogP contribution in [0.1, 0.15) is 29.5 Å². The summed E-state index contributed by atoms with van der Waals surface area (Å²) in [6, 6.07) is 13.7. The largest absolute Gasteiger partial charge is 0.489 e. The Labute approximate surface area is 123 Å². The van der Waals surface area contributed by atoms with Crippen LogP contribution in [-0.4, -0.2) is 5.71 Å². The molecule has 1 aliphatic carbocycles. The molecule has 0 saturated heterocycles. The molecule has 0 unspecified atom stereocenters. The van der Waals surface area contributed by atoms with Crippen LogP contribution in [0.4, 0.5) is 0 Å². The molecule has 0 spiro atoms. The highest BCUT2D eigenvalue weighted by atomic mass is 35.5. The first-order valence-corrected chi connectivity index (χ1v) is 7.18. The van der Waals surface area contributed by atoms with Crippen LogP contribution in [0.25, 0.3) is 0 Å². The zero-order chi connectivity index (χ0) is 13.9. The van der Waals surface area contributed by atoms with Crippen molar-refractivity contribution in [2.24, 2.45) is 0 Å². The lowest BCUT2D eigenvalue weighted by Gasteiger charge is -2.17. The minimum atomic E-state index is 0.535. The molecule has 20 heavy (non-hydrogen) atoms. The maximum Gasteiger partial charge on any atom is 0.120 e. The van der Waals surface area contributed by atoms with Crippen molar-refractivity contribution in [3.8, 4) is 5.75 Å². The molecule has 102 valence electrons. The van der Waals surface area contributed by atoms with Gasteiger partial charge in [-0.2, -0.15) is 0 Å². The SMILES string of the molecule is N=C1CCCc2cc(OCc3ccc(Cl)cc3)ccc21. The van der Waals surface area contributed by atoms with Gasteiger partial charge in [0.2, 0.25) is 0 Å². The van der Waals surface area contributed by atoms with Gasteiger partial charge in [-0.1, -0.05) is 23.7 Å². The van der Waals surface area contributed by atoms with Gasteiger partial charge in [-0.15, -0.1) is 0 Å². The van der Waals surface area contributed by atoms with E-state index in [-0.39, 0.29) is 0 Å². The molecule has 2 aromatic rings. The van der Waals surface area contributed by atoms with Crippen molar-refractivity contribution in [2.45, 2.75) is 25.9 Å². The van der Waals surface area contributed by atoms with Gasteiger partial charge in [-0.3, -0.25) is 0 Å². The molecule has 2 nitrogen and oxygen atoms in total. The van der Waals surface area contributed by atoms with Gasteiger partial charge in [0.1, 0.15) is 12.4 Å². The van der Waals surface area contributed by atoms with Crippen molar-refractivity contribution in [2.75, 3.05) is 0 Å². The number of halogens is 1. The number of ether oxygens (including phenoxy) is 1. The molecule has 3 heteroatoms. The van der Waals surface area contributed by atoms with Gasteiger partial charge in [0.05, 0.1) is 0 Å². The molecule has 0 fully saturated rings. The van der Waals surface area contributed by atoms with Gasteiger partial charge < -0.3 is 10.1 Å². The van der Waals surface area contributed by atoms with Crippen molar-refractivity contribution in [1.29, 1.82) is 5.41 Å². The van der Waals surface area contributed by atoms with E-state index in [1.54, 1.807) is 0 Å². The third-order valence-electron chi connectivity index (χ3n) is 3.59. The summed E-state index contributed by atoms with van der Waals surface area (Å²) in [7, 11) is 0. The number of rotatable bonds is 3. The van der Waals surface area contributed by atoms with Crippen LogP contribution in [0.2, 0.25) is 5.02 Å². The zero-order valence-electron chi connectivity index (χ0n) is 11.2. The van der Waals surface area contributed by atoms with Crippen LogP contribution in [-0.2, 0) is 13.0 Å². The van der Waals surface area contributed by atoms with E-state index in [0.717, 1.165) is 46.9 Å². The van der Waals surface area contributed by atoms with Gasteiger partial charge >= 0.3 is 0 Å². The minimum absolute atomic E-state index is 0.535. The Morgan fingerprint density at radius 2 is 1.85 bits per heavy atom. The number of benzene rings is 2. The summed E-state index contributed by atoms with van der Waals surface area (Å²) in [6.07, 6.45) is 2.99. The molecular weight excluding hydrogens is 270 g/mol. The molecule has 1 aliphatic rings. The van der Waals surface area contributed by atoms with E-state index < -0.39 is 0 Å². The average Bonchev–Trinajstić information content (AvgIpc) is 2.47. The second kappa shape index (κ2) is 5.68. The molecule has 0 aliphatic heterocycles. The van der Waals surface area contributed by atoms with Crippen molar-refractivity contribution < 1.29 is 4.74 Å². The van der Waals surface area contributed by atoms with E-state index in [9.17, 15) is 0 Å². The maximum absolute atomic E-state index is 7.94. The Kier molecular flexibility index (Phi) is 3.75. The third kappa shape index (κ3) is 2.86. The van der Waals surface area contributed by atoms with Gasteiger partial charge in [0.15, 0.2) is 0 Å². The minimum Gasteiger partial charge on any atom is -0.489 e. The number of fused-ring (bicyclic) bond motifs is 1. The van der Waals surface area contributed by atoms with E-state index >= 15 is 0 Å². The topological polar surface area (TPSA) is 33.1 Å². The highest BCUT2D eigenvalue weighted by molar-refractivity contribution is 6.30. The van der Waals surface area contributed by atoms with Crippen LogP contribution >= 0.6 is 11.6 Å². The Morgan fingerprint density at radius 1 is 1.05 bits per heavy atom. The normalized spacial score (nSPS) is 13.9. The summed E-state index contributed by atoms with van der Waals surface area (Å²) in [4.78, 5) is 0. The molecule has 2 aromatic carbocycles. The van der Waals surface area contributed by atoms with Crippen LogP contribution in [0, 0.1) is 5.41 Å². The first-order chi connectivity index (χ1) is 9.72. The van der Waals surface area contributed by atoms with E-state index in [0.29, 0.717) is 6.61 Å². The number of hydrogen-bond donors (Lipinski definition) is 1. The highest BCUT2D eigenvalue weighted by Crippen LogP contribution is 2.26. The molecule has 0 amide bonds. The predicted molar refractivity (Wildman–Crippen MR) is 82.0 cm³/mol. The monoisotopic (exact) mass is 285 g/mol. The fourth-order valence-corrected chi connectivity index (χ4v) is 2.62. The molecule has 1 N–H and O–H groups in total. The summed E-state index contributed by atoms with van der Waals surface area (Å²) >= 11 is 5.86. The average molecular weight is 286 g/mol. The lowest BCUT2D eigenvalue weighted by molar-refractivity contribution is 0.306. The Bertz CT molecular complexity index is 634. The van der Waals surface area contributed by atoms with Gasteiger partial charge in [0.25, 0.3) is 0 Å². The maximum atomic E-state index is 7.94. The van der Waals surface area contributed by atoms with Crippen LogP contribution in [0.5, 0.6) is 5.75 Å². The van der Waals surface area contributed by atoms with E-state index in [4.69, 9.17) is 21.7 Å². The molecule has 3 rings (SSSR count). The first-order valence-electron chi connectivity index (χ1n) is 6.80. The van der Waals surface area contributed by atoms with Crippen LogP contribution < -0.4 is 4.74 Å². The van der Waals surface area contributed by atoms with Gasteiger partial charge in [-0.05, 0) is 66.3 Å². The summed E-state index contributed by atoms with van der Waals surface area (Å²) in [5, 5.41) is 8.68. The fraction of sp³-hybridized carbons (Fsp3) is 0.235. The lowest BCUT2D eigenvalue weighted by Crippen LogP contribution is -2.10. The van der Waals surface area contributed by atoms with Crippen LogP contribution in [0.3, 0.4) is 0 Å². The summed E-state index contributed by atoms with van der Waals surface area (Å²) in [6.45, 7) is 0.535. The van der Waals surface area contributed by atoms with Gasteiger partial charge in [-0.25, -0.2) is 0 Å². The predicted octanol–water partition coefficient (Wildman–Crippen LogP) is 4.62. The third-order valence-corrected chi connectivity index (χ3v) is 3.85. The molecule has 0 heterocycles. The Balaban J connectivity index is 1.72. The summed E-state index contributed by atoms with van der Waals surface area (Å²) < 4.78 is 5.82. The number of hydrogen-bond acceptors (Lipinski definition) is 2. The number of aryl methyl sites for hydroxylation is 1. The molecule has 0 aromatic heterocycles. The first kappa shape index (κ1) is 13.2. The quantitative estimate of drug-likeness (QED) is 0.877. The summed E-state index contributed by atoms with van der Waals surface area (Å²) in [5.41, 5.74) is 4.15. The van der Waals surface area contributed by atoms with E-state index in [1.807, 2.05) is 36.4 Å².